The number of rotatable bonds is 7. The molecule has 2 aromatic rings. The van der Waals surface area contributed by atoms with Crippen LogP contribution < -0.4 is 10.1 Å². The molecule has 1 N–H and O–H groups in total. The first-order valence-electron chi connectivity index (χ1n) is 10.6. The number of carbonyl (C=O) groups is 1. The molecule has 2 heterocycles. The molecular formula is C23H26F3N3O2. The van der Waals surface area contributed by atoms with E-state index in [1.807, 2.05) is 25.2 Å². The number of halogens is 3. The summed E-state index contributed by atoms with van der Waals surface area (Å²) in [5.41, 5.74) is 3.89. The number of aryl methyl sites for hydroxylation is 1. The molecule has 0 unspecified atom stereocenters. The van der Waals surface area contributed by atoms with E-state index in [2.05, 4.69) is 16.4 Å². The molecule has 1 fully saturated rings. The van der Waals surface area contributed by atoms with Crippen LogP contribution >= 0.6 is 0 Å². The average Bonchev–Trinajstić information content (AvgIpc) is 3.57. The zero-order valence-electron chi connectivity index (χ0n) is 17.5. The van der Waals surface area contributed by atoms with E-state index in [4.69, 9.17) is 4.74 Å². The number of hydrogen-bond acceptors (Lipinski definition) is 4. The molecule has 1 amide bonds. The van der Waals surface area contributed by atoms with Gasteiger partial charge < -0.3 is 15.0 Å². The van der Waals surface area contributed by atoms with Gasteiger partial charge in [-0.15, -0.1) is 0 Å². The Balaban J connectivity index is 1.43. The highest BCUT2D eigenvalue weighted by molar-refractivity contribution is 5.77. The minimum atomic E-state index is -4.41. The van der Waals surface area contributed by atoms with Crippen molar-refractivity contribution in [3.63, 3.8) is 0 Å². The van der Waals surface area contributed by atoms with E-state index in [0.717, 1.165) is 22.0 Å². The molecule has 1 aromatic carbocycles. The first-order valence-corrected chi connectivity index (χ1v) is 10.6. The number of alkyl halides is 3. The predicted octanol–water partition coefficient (Wildman–Crippen LogP) is 4.46. The van der Waals surface area contributed by atoms with E-state index in [0.29, 0.717) is 36.7 Å². The highest BCUT2D eigenvalue weighted by atomic mass is 19.4. The van der Waals surface area contributed by atoms with Gasteiger partial charge in [-0.3, -0.25) is 4.79 Å². The summed E-state index contributed by atoms with van der Waals surface area (Å²) in [5.74, 6) is 1.52. The van der Waals surface area contributed by atoms with Crippen LogP contribution in [0.25, 0.3) is 0 Å². The standard InChI is InChI=1S/C23H26F3N3O2/c1-27-21-8-7-19(16-2-3-16)20(28-21)10-11-31-18-6-4-15-5-9-22(30)29(13-17(15)12-18)14-23(24,25)26/h4,6-8,12,16H,2-3,5,9-11,13-14H2,1H3,(H,27,28). The number of aromatic nitrogens is 1. The average molecular weight is 433 g/mol. The van der Waals surface area contributed by atoms with Crippen LogP contribution in [0, 0.1) is 0 Å². The summed E-state index contributed by atoms with van der Waals surface area (Å²) in [6.07, 6.45) is -0.868. The second-order valence-corrected chi connectivity index (χ2v) is 8.15. The second kappa shape index (κ2) is 8.77. The normalized spacial score (nSPS) is 16.6. The maximum Gasteiger partial charge on any atom is 0.406 e. The molecule has 2 aliphatic rings. The molecule has 0 radical (unpaired) electrons. The molecule has 1 aliphatic heterocycles. The van der Waals surface area contributed by atoms with Gasteiger partial charge in [0.15, 0.2) is 0 Å². The van der Waals surface area contributed by atoms with Crippen molar-refractivity contribution >= 4 is 11.7 Å². The van der Waals surface area contributed by atoms with Gasteiger partial charge in [0.25, 0.3) is 0 Å². The van der Waals surface area contributed by atoms with Crippen LogP contribution in [0.3, 0.4) is 0 Å². The van der Waals surface area contributed by atoms with Gasteiger partial charge in [0, 0.05) is 32.1 Å². The third kappa shape index (κ3) is 5.48. The largest absolute Gasteiger partial charge is 0.493 e. The maximum atomic E-state index is 12.8. The third-order valence-electron chi connectivity index (χ3n) is 5.76. The lowest BCUT2D eigenvalue weighted by atomic mass is 10.0. The van der Waals surface area contributed by atoms with E-state index < -0.39 is 18.6 Å². The molecule has 1 saturated carbocycles. The molecule has 5 nitrogen and oxygen atoms in total. The number of ether oxygens (including phenoxy) is 1. The van der Waals surface area contributed by atoms with Gasteiger partial charge in [-0.1, -0.05) is 12.1 Å². The van der Waals surface area contributed by atoms with Gasteiger partial charge >= 0.3 is 6.18 Å². The van der Waals surface area contributed by atoms with Crippen LogP contribution in [-0.2, 0) is 24.2 Å². The summed E-state index contributed by atoms with van der Waals surface area (Å²) in [4.78, 5) is 17.7. The zero-order chi connectivity index (χ0) is 22.0. The summed E-state index contributed by atoms with van der Waals surface area (Å²) in [6.45, 7) is -0.861. The lowest BCUT2D eigenvalue weighted by Gasteiger charge is -2.22. The smallest absolute Gasteiger partial charge is 0.406 e. The highest BCUT2D eigenvalue weighted by Crippen LogP contribution is 2.41. The van der Waals surface area contributed by atoms with Crippen LogP contribution in [0.15, 0.2) is 30.3 Å². The number of pyridine rings is 1. The predicted molar refractivity (Wildman–Crippen MR) is 111 cm³/mol. The first kappa shape index (κ1) is 21.5. The molecular weight excluding hydrogens is 407 g/mol. The second-order valence-electron chi connectivity index (χ2n) is 8.15. The maximum absolute atomic E-state index is 12.8. The van der Waals surface area contributed by atoms with E-state index in [1.165, 1.54) is 18.4 Å². The Labute approximate surface area is 179 Å². The molecule has 0 atom stereocenters. The topological polar surface area (TPSA) is 54.5 Å². The first-order chi connectivity index (χ1) is 14.8. The van der Waals surface area contributed by atoms with Crippen LogP contribution in [0.4, 0.5) is 19.0 Å². The summed E-state index contributed by atoms with van der Waals surface area (Å²) >= 11 is 0. The molecule has 0 saturated heterocycles. The monoisotopic (exact) mass is 433 g/mol. The Morgan fingerprint density at radius 2 is 1.97 bits per heavy atom. The fraction of sp³-hybridized carbons (Fsp3) is 0.478. The number of fused-ring (bicyclic) bond motifs is 1. The number of hydrogen-bond donors (Lipinski definition) is 1. The van der Waals surface area contributed by atoms with Gasteiger partial charge in [0.1, 0.15) is 18.1 Å². The Hall–Kier alpha value is -2.77. The SMILES string of the molecule is CNc1ccc(C2CC2)c(CCOc2ccc3c(c2)CN(CC(F)(F)F)C(=O)CC3)n1. The summed E-state index contributed by atoms with van der Waals surface area (Å²) in [5, 5.41) is 3.06. The Kier molecular flexibility index (Phi) is 6.07. The molecule has 0 bridgehead atoms. The van der Waals surface area contributed by atoms with Gasteiger partial charge in [-0.25, -0.2) is 4.98 Å². The number of carbonyl (C=O) groups excluding carboxylic acids is 1. The third-order valence-corrected chi connectivity index (χ3v) is 5.76. The molecule has 1 aliphatic carbocycles. The Morgan fingerprint density at radius 3 is 2.68 bits per heavy atom. The van der Waals surface area contributed by atoms with Crippen LogP contribution in [0.5, 0.6) is 5.75 Å². The molecule has 8 heteroatoms. The van der Waals surface area contributed by atoms with Gasteiger partial charge in [-0.2, -0.15) is 13.2 Å². The summed E-state index contributed by atoms with van der Waals surface area (Å²) < 4.78 is 44.5. The number of amides is 1. The van der Waals surface area contributed by atoms with Crippen molar-refractivity contribution in [2.45, 2.75) is 50.7 Å². The van der Waals surface area contributed by atoms with Crippen molar-refractivity contribution in [2.24, 2.45) is 0 Å². The molecule has 1 aromatic heterocycles. The van der Waals surface area contributed by atoms with Crippen molar-refractivity contribution in [3.8, 4) is 5.75 Å². The number of anilines is 1. The highest BCUT2D eigenvalue weighted by Gasteiger charge is 2.34. The summed E-state index contributed by atoms with van der Waals surface area (Å²) in [6, 6.07) is 9.54. The number of nitrogens with zero attached hydrogens (tertiary/aromatic N) is 2. The number of benzene rings is 1. The van der Waals surface area contributed by atoms with E-state index in [9.17, 15) is 18.0 Å². The Morgan fingerprint density at radius 1 is 1.16 bits per heavy atom. The van der Waals surface area contributed by atoms with Crippen molar-refractivity contribution in [2.75, 3.05) is 25.5 Å². The van der Waals surface area contributed by atoms with Gasteiger partial charge in [0.2, 0.25) is 5.91 Å². The van der Waals surface area contributed by atoms with E-state index in [1.54, 1.807) is 6.07 Å². The van der Waals surface area contributed by atoms with Gasteiger partial charge in [0.05, 0.1) is 6.61 Å². The van der Waals surface area contributed by atoms with Crippen LogP contribution in [-0.4, -0.2) is 42.2 Å². The Bertz CT molecular complexity index is 958. The zero-order valence-corrected chi connectivity index (χ0v) is 17.5. The fourth-order valence-corrected chi connectivity index (χ4v) is 4.02. The quantitative estimate of drug-likeness (QED) is 0.701. The van der Waals surface area contributed by atoms with Gasteiger partial charge in [-0.05, 0) is 60.1 Å². The van der Waals surface area contributed by atoms with Crippen LogP contribution in [0.2, 0.25) is 0 Å². The lowest BCUT2D eigenvalue weighted by molar-refractivity contribution is -0.162. The number of nitrogens with one attached hydrogen (secondary N) is 1. The lowest BCUT2D eigenvalue weighted by Crippen LogP contribution is -2.37. The van der Waals surface area contributed by atoms with E-state index in [-0.39, 0.29) is 13.0 Å². The summed E-state index contributed by atoms with van der Waals surface area (Å²) in [7, 11) is 1.84. The molecule has 166 valence electrons. The van der Waals surface area contributed by atoms with Crippen molar-refractivity contribution in [3.05, 3.63) is 52.7 Å². The molecule has 4 rings (SSSR count). The molecule has 0 spiro atoms. The van der Waals surface area contributed by atoms with Crippen molar-refractivity contribution in [1.29, 1.82) is 0 Å². The fourth-order valence-electron chi connectivity index (χ4n) is 4.02. The van der Waals surface area contributed by atoms with Crippen molar-refractivity contribution < 1.29 is 22.7 Å². The minimum absolute atomic E-state index is 0.0531. The molecule has 31 heavy (non-hydrogen) atoms. The van der Waals surface area contributed by atoms with Crippen LogP contribution in [0.1, 0.15) is 47.6 Å². The minimum Gasteiger partial charge on any atom is -0.493 e. The van der Waals surface area contributed by atoms with Crippen molar-refractivity contribution in [1.82, 2.24) is 9.88 Å². The van der Waals surface area contributed by atoms with E-state index >= 15 is 0 Å².